The maximum Gasteiger partial charge on any atom is 0.269 e. The fourth-order valence-electron chi connectivity index (χ4n) is 2.26. The molecule has 0 aliphatic carbocycles. The summed E-state index contributed by atoms with van der Waals surface area (Å²) in [6, 6.07) is 5.95. The molecule has 6 heteroatoms. The number of nitrogens with zero attached hydrogens (tertiary/aromatic N) is 2. The molecule has 104 valence electrons. The molecule has 20 heavy (non-hydrogen) atoms. The average molecular weight is 292 g/mol. The van der Waals surface area contributed by atoms with Crippen molar-refractivity contribution in [3.05, 3.63) is 35.0 Å². The van der Waals surface area contributed by atoms with Crippen LogP contribution in [0.4, 0.5) is 4.39 Å². The molecule has 1 aliphatic heterocycles. The van der Waals surface area contributed by atoms with Crippen molar-refractivity contribution in [2.75, 3.05) is 13.1 Å². The molecule has 1 amide bonds. The Hall–Kier alpha value is -1.95. The fraction of sp³-hybridized carbons (Fsp3) is 0.286. The molecule has 0 atom stereocenters. The molecule has 1 fully saturated rings. The molecular weight excluding hydrogens is 279 g/mol. The van der Waals surface area contributed by atoms with Crippen molar-refractivity contribution in [1.82, 2.24) is 9.88 Å². The Morgan fingerprint density at radius 1 is 1.35 bits per heavy atom. The van der Waals surface area contributed by atoms with E-state index in [1.54, 1.807) is 17.0 Å². The fourth-order valence-corrected chi connectivity index (χ4v) is 3.18. The number of carbonyl (C=O) groups excluding carboxylic acids is 1. The van der Waals surface area contributed by atoms with Gasteiger partial charge in [0.1, 0.15) is 10.8 Å². The van der Waals surface area contributed by atoms with Crippen molar-refractivity contribution in [2.24, 2.45) is 0 Å². The second-order valence-electron chi connectivity index (χ2n) is 4.68. The number of thiazole rings is 1. The van der Waals surface area contributed by atoms with E-state index in [0.717, 1.165) is 24.2 Å². The zero-order valence-electron chi connectivity index (χ0n) is 10.7. The molecule has 0 unspecified atom stereocenters. The Bertz CT molecular complexity index is 650. The molecule has 4 nitrogen and oxygen atoms in total. The predicted octanol–water partition coefficient (Wildman–Crippen LogP) is 2.89. The third-order valence-electron chi connectivity index (χ3n) is 3.27. The average Bonchev–Trinajstić information content (AvgIpc) is 3.07. The summed E-state index contributed by atoms with van der Waals surface area (Å²) >= 11 is 1.10. The summed E-state index contributed by atoms with van der Waals surface area (Å²) in [6.45, 7) is 1.43. The van der Waals surface area contributed by atoms with Crippen LogP contribution in [0.1, 0.15) is 22.5 Å². The highest BCUT2D eigenvalue weighted by Gasteiger charge is 2.25. The minimum Gasteiger partial charge on any atom is -0.492 e. The number of amides is 1. The molecule has 0 spiro atoms. The molecule has 1 N–H and O–H groups in total. The summed E-state index contributed by atoms with van der Waals surface area (Å²) in [5.74, 6) is -0.837. The van der Waals surface area contributed by atoms with Crippen molar-refractivity contribution in [1.29, 1.82) is 0 Å². The molecule has 3 rings (SSSR count). The number of likely N-dealkylation sites (tertiary alicyclic amines) is 1. The van der Waals surface area contributed by atoms with Gasteiger partial charge in [0.25, 0.3) is 5.91 Å². The minimum absolute atomic E-state index is 0.194. The minimum atomic E-state index is -0.371. The van der Waals surface area contributed by atoms with E-state index in [9.17, 15) is 14.3 Å². The first-order chi connectivity index (χ1) is 9.65. The molecule has 0 saturated carbocycles. The summed E-state index contributed by atoms with van der Waals surface area (Å²) in [4.78, 5) is 18.2. The van der Waals surface area contributed by atoms with Crippen LogP contribution in [0.2, 0.25) is 0 Å². The number of hydrogen-bond donors (Lipinski definition) is 1. The molecular formula is C14H13FN2O2S. The van der Waals surface area contributed by atoms with Gasteiger partial charge in [-0.15, -0.1) is 11.3 Å². The summed E-state index contributed by atoms with van der Waals surface area (Å²) in [6.07, 6.45) is 1.98. The van der Waals surface area contributed by atoms with Crippen LogP contribution in [-0.2, 0) is 0 Å². The number of carbonyl (C=O) groups is 1. The maximum absolute atomic E-state index is 13.2. The Morgan fingerprint density at radius 3 is 2.80 bits per heavy atom. The van der Waals surface area contributed by atoms with Crippen LogP contribution in [-0.4, -0.2) is 34.0 Å². The predicted molar refractivity (Wildman–Crippen MR) is 74.3 cm³/mol. The van der Waals surface area contributed by atoms with E-state index in [2.05, 4.69) is 4.98 Å². The van der Waals surface area contributed by atoms with Gasteiger partial charge >= 0.3 is 0 Å². The molecule has 2 aromatic rings. The van der Waals surface area contributed by atoms with Crippen LogP contribution < -0.4 is 0 Å². The number of hydrogen-bond acceptors (Lipinski definition) is 4. The topological polar surface area (TPSA) is 53.4 Å². The first kappa shape index (κ1) is 13.1. The largest absolute Gasteiger partial charge is 0.492 e. The monoisotopic (exact) mass is 292 g/mol. The van der Waals surface area contributed by atoms with Crippen molar-refractivity contribution in [2.45, 2.75) is 12.8 Å². The van der Waals surface area contributed by atoms with Gasteiger partial charge in [0.2, 0.25) is 5.88 Å². The van der Waals surface area contributed by atoms with E-state index in [-0.39, 0.29) is 22.5 Å². The summed E-state index contributed by atoms with van der Waals surface area (Å²) in [7, 11) is 0. The lowest BCUT2D eigenvalue weighted by atomic mass is 10.2. The molecule has 2 heterocycles. The second kappa shape index (κ2) is 5.20. The van der Waals surface area contributed by atoms with Crippen LogP contribution in [0, 0.1) is 5.82 Å². The lowest BCUT2D eigenvalue weighted by Gasteiger charge is -2.13. The van der Waals surface area contributed by atoms with Gasteiger partial charge in [-0.25, -0.2) is 9.37 Å². The first-order valence-electron chi connectivity index (χ1n) is 6.40. The number of halogens is 1. The standard InChI is InChI=1S/C14H13FN2O2S/c15-10-5-3-4-9(8-10)13-16-12(18)11(20-13)14(19)17-6-1-2-7-17/h3-5,8,18H,1-2,6-7H2. The number of rotatable bonds is 2. The Kier molecular flexibility index (Phi) is 3.40. The lowest BCUT2D eigenvalue weighted by Crippen LogP contribution is -2.26. The lowest BCUT2D eigenvalue weighted by molar-refractivity contribution is 0.0794. The molecule has 1 aromatic heterocycles. The molecule has 1 aromatic carbocycles. The zero-order valence-corrected chi connectivity index (χ0v) is 11.5. The third-order valence-corrected chi connectivity index (χ3v) is 4.35. The van der Waals surface area contributed by atoms with Crippen LogP contribution >= 0.6 is 11.3 Å². The smallest absolute Gasteiger partial charge is 0.269 e. The van der Waals surface area contributed by atoms with Crippen LogP contribution in [0.25, 0.3) is 10.6 Å². The number of aromatic nitrogens is 1. The normalized spacial score (nSPS) is 14.8. The van der Waals surface area contributed by atoms with Gasteiger partial charge in [-0.3, -0.25) is 4.79 Å². The summed E-state index contributed by atoms with van der Waals surface area (Å²) in [5, 5.41) is 10.3. The van der Waals surface area contributed by atoms with Crippen LogP contribution in [0.5, 0.6) is 5.88 Å². The van der Waals surface area contributed by atoms with Gasteiger partial charge in [-0.1, -0.05) is 12.1 Å². The van der Waals surface area contributed by atoms with Gasteiger partial charge in [-0.2, -0.15) is 0 Å². The quantitative estimate of drug-likeness (QED) is 0.926. The Balaban J connectivity index is 1.92. The van der Waals surface area contributed by atoms with E-state index in [4.69, 9.17) is 0 Å². The van der Waals surface area contributed by atoms with Crippen molar-refractivity contribution in [3.8, 4) is 16.5 Å². The SMILES string of the molecule is O=C(c1sc(-c2cccc(F)c2)nc1O)N1CCCC1. The van der Waals surface area contributed by atoms with Crippen LogP contribution in [0.3, 0.4) is 0 Å². The Morgan fingerprint density at radius 2 is 2.10 bits per heavy atom. The summed E-state index contributed by atoms with van der Waals surface area (Å²) in [5.41, 5.74) is 0.561. The highest BCUT2D eigenvalue weighted by atomic mass is 32.1. The van der Waals surface area contributed by atoms with Gasteiger partial charge in [0.15, 0.2) is 4.88 Å². The third kappa shape index (κ3) is 2.38. The summed E-state index contributed by atoms with van der Waals surface area (Å²) < 4.78 is 13.2. The zero-order chi connectivity index (χ0) is 14.1. The molecule has 0 bridgehead atoms. The van der Waals surface area contributed by atoms with E-state index < -0.39 is 0 Å². The van der Waals surface area contributed by atoms with Gasteiger partial charge in [-0.05, 0) is 25.0 Å². The van der Waals surface area contributed by atoms with Crippen LogP contribution in [0.15, 0.2) is 24.3 Å². The van der Waals surface area contributed by atoms with Crippen molar-refractivity contribution >= 4 is 17.2 Å². The second-order valence-corrected chi connectivity index (χ2v) is 5.68. The molecule has 1 aliphatic rings. The van der Waals surface area contributed by atoms with Crippen molar-refractivity contribution < 1.29 is 14.3 Å². The molecule has 0 radical (unpaired) electrons. The van der Waals surface area contributed by atoms with E-state index >= 15 is 0 Å². The van der Waals surface area contributed by atoms with Gasteiger partial charge in [0.05, 0.1) is 0 Å². The number of aromatic hydroxyl groups is 1. The number of benzene rings is 1. The highest BCUT2D eigenvalue weighted by Crippen LogP contribution is 2.33. The highest BCUT2D eigenvalue weighted by molar-refractivity contribution is 7.17. The van der Waals surface area contributed by atoms with Gasteiger partial charge in [0, 0.05) is 18.7 Å². The van der Waals surface area contributed by atoms with E-state index in [1.807, 2.05) is 0 Å². The first-order valence-corrected chi connectivity index (χ1v) is 7.22. The van der Waals surface area contributed by atoms with Crippen molar-refractivity contribution in [3.63, 3.8) is 0 Å². The van der Waals surface area contributed by atoms with Gasteiger partial charge < -0.3 is 10.0 Å². The van der Waals surface area contributed by atoms with E-state index in [1.165, 1.54) is 12.1 Å². The molecule has 1 saturated heterocycles. The maximum atomic E-state index is 13.2. The Labute approximate surface area is 119 Å². The van der Waals surface area contributed by atoms with E-state index in [0.29, 0.717) is 23.7 Å².